The van der Waals surface area contributed by atoms with E-state index in [0.717, 1.165) is 40.6 Å². The Hall–Kier alpha value is -3.39. The van der Waals surface area contributed by atoms with E-state index in [4.69, 9.17) is 4.84 Å². The van der Waals surface area contributed by atoms with Gasteiger partial charge in [0.1, 0.15) is 0 Å². The third-order valence-corrected chi connectivity index (χ3v) is 4.12. The van der Waals surface area contributed by atoms with Crippen LogP contribution in [-0.2, 0) is 27.0 Å². The first kappa shape index (κ1) is 20.3. The van der Waals surface area contributed by atoms with Crippen LogP contribution >= 0.6 is 0 Å². The number of carbonyl (C=O) groups excluding carboxylic acids is 2. The Morgan fingerprint density at radius 1 is 0.862 bits per heavy atom. The van der Waals surface area contributed by atoms with E-state index in [0.29, 0.717) is 0 Å². The first-order valence-corrected chi connectivity index (χ1v) is 8.67. The Morgan fingerprint density at radius 3 is 2.28 bits per heavy atom. The number of alkyl halides is 3. The Bertz CT molecular complexity index is 1010. The zero-order valence-electron chi connectivity index (χ0n) is 15.1. The summed E-state index contributed by atoms with van der Waals surface area (Å²) in [5.41, 5.74) is 2.39. The molecular weight excluding hydrogens is 385 g/mol. The number of fused-ring (bicyclic) bond motifs is 1. The monoisotopic (exact) mass is 402 g/mol. The van der Waals surface area contributed by atoms with Crippen LogP contribution in [0.3, 0.4) is 0 Å². The fourth-order valence-electron chi connectivity index (χ4n) is 2.78. The normalized spacial score (nSPS) is 11.3. The molecule has 29 heavy (non-hydrogen) atoms. The van der Waals surface area contributed by atoms with E-state index in [-0.39, 0.29) is 12.1 Å². The second-order valence-electron chi connectivity index (χ2n) is 6.25. The summed E-state index contributed by atoms with van der Waals surface area (Å²) in [6.07, 6.45) is -4.37. The molecule has 0 bridgehead atoms. The number of anilines is 1. The molecule has 0 heterocycles. The zero-order valence-corrected chi connectivity index (χ0v) is 15.1. The van der Waals surface area contributed by atoms with Crippen LogP contribution in [0.15, 0.2) is 66.7 Å². The summed E-state index contributed by atoms with van der Waals surface area (Å²) in [4.78, 5) is 28.8. The van der Waals surface area contributed by atoms with Gasteiger partial charge in [0.05, 0.1) is 12.0 Å². The first-order valence-electron chi connectivity index (χ1n) is 8.67. The Morgan fingerprint density at radius 2 is 1.55 bits per heavy atom. The molecule has 2 amide bonds. The molecular formula is C21H17F3N2O3. The molecule has 0 saturated carbocycles. The molecule has 0 atom stereocenters. The quantitative estimate of drug-likeness (QED) is 0.611. The molecule has 3 rings (SSSR count). The first-order chi connectivity index (χ1) is 13.8. The number of hydroxylamine groups is 1. The third kappa shape index (κ3) is 5.55. The second-order valence-corrected chi connectivity index (χ2v) is 6.25. The van der Waals surface area contributed by atoms with Gasteiger partial charge in [0.2, 0.25) is 5.91 Å². The molecule has 0 spiro atoms. The second kappa shape index (κ2) is 8.74. The van der Waals surface area contributed by atoms with Crippen LogP contribution in [-0.4, -0.2) is 18.4 Å². The van der Waals surface area contributed by atoms with Crippen molar-refractivity contribution in [3.63, 3.8) is 0 Å². The average Bonchev–Trinajstić information content (AvgIpc) is 2.68. The Balaban J connectivity index is 1.47. The smallest absolute Gasteiger partial charge is 0.324 e. The van der Waals surface area contributed by atoms with Gasteiger partial charge in [-0.05, 0) is 40.6 Å². The van der Waals surface area contributed by atoms with E-state index in [2.05, 4.69) is 10.8 Å². The number of carbonyl (C=O) groups is 2. The van der Waals surface area contributed by atoms with Crippen molar-refractivity contribution in [3.8, 4) is 0 Å². The van der Waals surface area contributed by atoms with Crippen LogP contribution in [0.5, 0.6) is 0 Å². The van der Waals surface area contributed by atoms with Crippen molar-refractivity contribution < 1.29 is 27.6 Å². The fraction of sp³-hybridized carbons (Fsp3) is 0.143. The van der Waals surface area contributed by atoms with Gasteiger partial charge in [0.25, 0.3) is 5.91 Å². The fourth-order valence-corrected chi connectivity index (χ4v) is 2.78. The van der Waals surface area contributed by atoms with Gasteiger partial charge in [0, 0.05) is 5.69 Å². The number of hydrogen-bond donors (Lipinski definition) is 2. The zero-order chi connectivity index (χ0) is 20.9. The standard InChI is InChI=1S/C21H17F3N2O3/c22-21(23,24)16-8-10-17(11-9-16)25-20(28)13-29-26-19(27)12-15-6-3-5-14-4-1-2-7-18(14)15/h1-11H,12-13H2,(H,25,28)(H,26,27). The summed E-state index contributed by atoms with van der Waals surface area (Å²) in [6, 6.07) is 17.3. The lowest BCUT2D eigenvalue weighted by atomic mass is 10.0. The number of rotatable bonds is 6. The van der Waals surface area contributed by atoms with Crippen LogP contribution in [0.2, 0.25) is 0 Å². The number of nitrogens with one attached hydrogen (secondary N) is 2. The van der Waals surface area contributed by atoms with Crippen molar-refractivity contribution in [3.05, 3.63) is 77.9 Å². The van der Waals surface area contributed by atoms with Gasteiger partial charge in [-0.15, -0.1) is 0 Å². The number of halogens is 3. The van der Waals surface area contributed by atoms with E-state index in [1.165, 1.54) is 0 Å². The maximum absolute atomic E-state index is 12.5. The molecule has 3 aromatic rings. The lowest BCUT2D eigenvalue weighted by Crippen LogP contribution is -2.30. The highest BCUT2D eigenvalue weighted by molar-refractivity contribution is 5.92. The summed E-state index contributed by atoms with van der Waals surface area (Å²) in [5, 5.41) is 4.34. The van der Waals surface area contributed by atoms with Gasteiger partial charge in [-0.25, -0.2) is 5.48 Å². The predicted molar refractivity (Wildman–Crippen MR) is 102 cm³/mol. The molecule has 0 aromatic heterocycles. The lowest BCUT2D eigenvalue weighted by Gasteiger charge is -2.10. The van der Waals surface area contributed by atoms with Crippen LogP contribution in [0.25, 0.3) is 10.8 Å². The summed E-state index contributed by atoms with van der Waals surface area (Å²) >= 11 is 0. The minimum atomic E-state index is -4.44. The van der Waals surface area contributed by atoms with Gasteiger partial charge in [-0.1, -0.05) is 42.5 Å². The van der Waals surface area contributed by atoms with Crippen molar-refractivity contribution in [1.29, 1.82) is 0 Å². The molecule has 0 fully saturated rings. The van der Waals surface area contributed by atoms with Gasteiger partial charge >= 0.3 is 6.18 Å². The lowest BCUT2D eigenvalue weighted by molar-refractivity contribution is -0.138. The molecule has 0 aliphatic heterocycles. The molecule has 5 nitrogen and oxygen atoms in total. The molecule has 3 aromatic carbocycles. The number of hydrogen-bond acceptors (Lipinski definition) is 3. The minimum Gasteiger partial charge on any atom is -0.324 e. The topological polar surface area (TPSA) is 67.4 Å². The molecule has 150 valence electrons. The van der Waals surface area contributed by atoms with Crippen LogP contribution in [0.1, 0.15) is 11.1 Å². The van der Waals surface area contributed by atoms with E-state index in [9.17, 15) is 22.8 Å². The summed E-state index contributed by atoms with van der Waals surface area (Å²) in [7, 11) is 0. The summed E-state index contributed by atoms with van der Waals surface area (Å²) < 4.78 is 37.6. The van der Waals surface area contributed by atoms with Crippen molar-refractivity contribution in [2.24, 2.45) is 0 Å². The molecule has 0 radical (unpaired) electrons. The summed E-state index contributed by atoms with van der Waals surface area (Å²) in [6.45, 7) is -0.484. The van der Waals surface area contributed by atoms with E-state index >= 15 is 0 Å². The molecule has 2 N–H and O–H groups in total. The number of benzene rings is 3. The van der Waals surface area contributed by atoms with Crippen LogP contribution in [0.4, 0.5) is 18.9 Å². The highest BCUT2D eigenvalue weighted by Crippen LogP contribution is 2.29. The van der Waals surface area contributed by atoms with Crippen molar-refractivity contribution >= 4 is 28.3 Å². The maximum Gasteiger partial charge on any atom is 0.416 e. The number of amides is 2. The van der Waals surface area contributed by atoms with Crippen molar-refractivity contribution in [2.75, 3.05) is 11.9 Å². The highest BCUT2D eigenvalue weighted by atomic mass is 19.4. The molecule has 0 aliphatic rings. The van der Waals surface area contributed by atoms with E-state index in [1.54, 1.807) is 0 Å². The average molecular weight is 402 g/mol. The van der Waals surface area contributed by atoms with Gasteiger partial charge in [0.15, 0.2) is 6.61 Å². The molecule has 0 unspecified atom stereocenters. The largest absolute Gasteiger partial charge is 0.416 e. The molecule has 0 saturated heterocycles. The minimum absolute atomic E-state index is 0.0713. The van der Waals surface area contributed by atoms with Crippen LogP contribution in [0, 0.1) is 0 Å². The van der Waals surface area contributed by atoms with Gasteiger partial charge in [-0.3, -0.25) is 14.4 Å². The molecule has 0 aliphatic carbocycles. The van der Waals surface area contributed by atoms with Crippen molar-refractivity contribution in [1.82, 2.24) is 5.48 Å². The van der Waals surface area contributed by atoms with Crippen LogP contribution < -0.4 is 10.8 Å². The molecule has 8 heteroatoms. The SMILES string of the molecule is O=C(Cc1cccc2ccccc12)NOCC(=O)Nc1ccc(C(F)(F)F)cc1. The summed E-state index contributed by atoms with van der Waals surface area (Å²) in [5.74, 6) is -1.04. The Kier molecular flexibility index (Phi) is 6.13. The predicted octanol–water partition coefficient (Wildman–Crippen LogP) is 4.09. The van der Waals surface area contributed by atoms with Gasteiger partial charge < -0.3 is 5.32 Å². The van der Waals surface area contributed by atoms with E-state index in [1.807, 2.05) is 42.5 Å². The van der Waals surface area contributed by atoms with E-state index < -0.39 is 30.2 Å². The third-order valence-electron chi connectivity index (χ3n) is 4.12. The van der Waals surface area contributed by atoms with Gasteiger partial charge in [-0.2, -0.15) is 13.2 Å². The van der Waals surface area contributed by atoms with Crippen molar-refractivity contribution in [2.45, 2.75) is 12.6 Å². The maximum atomic E-state index is 12.5. The highest BCUT2D eigenvalue weighted by Gasteiger charge is 2.29. The Labute approximate surface area is 164 Å².